The smallest absolute Gasteiger partial charge is 0.326 e. The van der Waals surface area contributed by atoms with Crippen LogP contribution in [0.1, 0.15) is 16.7 Å². The minimum Gasteiger partial charge on any atom is -0.480 e. The second kappa shape index (κ2) is 9.03. The van der Waals surface area contributed by atoms with Gasteiger partial charge in [0, 0.05) is 11.1 Å². The molecule has 4 aromatic rings. The Morgan fingerprint density at radius 2 is 0.971 bits per heavy atom. The summed E-state index contributed by atoms with van der Waals surface area (Å²) >= 11 is 0. The van der Waals surface area contributed by atoms with E-state index in [4.69, 9.17) is 0 Å². The quantitative estimate of drug-likeness (QED) is 0.348. The topological polar surface area (TPSA) is 86.1 Å². The van der Waals surface area contributed by atoms with Crippen molar-refractivity contribution in [2.24, 2.45) is 10.2 Å². The van der Waals surface area contributed by atoms with Gasteiger partial charge in [0.2, 0.25) is 0 Å². The van der Waals surface area contributed by atoms with Crippen molar-refractivity contribution in [3.63, 3.8) is 0 Å². The van der Waals surface area contributed by atoms with Gasteiger partial charge in [-0.2, -0.15) is 10.2 Å². The lowest BCUT2D eigenvalue weighted by atomic mass is 9.75. The van der Waals surface area contributed by atoms with Gasteiger partial charge in [-0.15, -0.1) is 0 Å². The molecule has 6 heteroatoms. The van der Waals surface area contributed by atoms with Crippen LogP contribution in [-0.4, -0.2) is 22.5 Å². The number of hydrogen-bond donors (Lipinski definition) is 3. The lowest BCUT2D eigenvalue weighted by Crippen LogP contribution is -2.47. The highest BCUT2D eigenvalue weighted by Crippen LogP contribution is 2.41. The van der Waals surface area contributed by atoms with Crippen LogP contribution < -0.4 is 10.9 Å². The van der Waals surface area contributed by atoms with Crippen molar-refractivity contribution < 1.29 is 9.90 Å². The molecule has 34 heavy (non-hydrogen) atoms. The Bertz CT molecular complexity index is 1290. The zero-order valence-corrected chi connectivity index (χ0v) is 18.2. The molecule has 0 heterocycles. The Hall–Kier alpha value is -4.71. The first kappa shape index (κ1) is 21.2. The molecule has 4 aromatic carbocycles. The highest BCUT2D eigenvalue weighted by Gasteiger charge is 2.57. The number of carboxylic acids is 1. The van der Waals surface area contributed by atoms with Crippen LogP contribution in [0.25, 0.3) is 0 Å². The van der Waals surface area contributed by atoms with Gasteiger partial charge in [-0.3, -0.25) is 15.6 Å². The summed E-state index contributed by atoms with van der Waals surface area (Å²) in [5, 5.41) is 20.1. The Morgan fingerprint density at radius 3 is 1.38 bits per heavy atom. The van der Waals surface area contributed by atoms with Crippen molar-refractivity contribution in [3.8, 4) is 0 Å². The second-order valence-corrected chi connectivity index (χ2v) is 7.84. The average Bonchev–Trinajstić information content (AvgIpc) is 3.18. The molecule has 0 fully saturated rings. The largest absolute Gasteiger partial charge is 0.480 e. The number of hydrazone groups is 2. The Kier molecular flexibility index (Phi) is 5.62. The lowest BCUT2D eigenvalue weighted by Gasteiger charge is -2.27. The van der Waals surface area contributed by atoms with Crippen LogP contribution >= 0.6 is 0 Å². The molecular formula is C28H22N4O2. The summed E-state index contributed by atoms with van der Waals surface area (Å²) in [7, 11) is 0. The standard InChI is InChI=1S/C28H22N4O2/c33-27(34)28(20-12-4-1-5-13-20)25(31-29-21-14-6-2-7-15-21)23-18-10-11-19-24(23)26(28)32-30-22-16-8-3-9-17-22/h1-19,29-30H,(H,33,34). The lowest BCUT2D eigenvalue weighted by molar-refractivity contribution is -0.138. The number of anilines is 2. The molecule has 0 saturated carbocycles. The van der Waals surface area contributed by atoms with Gasteiger partial charge in [-0.25, -0.2) is 0 Å². The van der Waals surface area contributed by atoms with Crippen LogP contribution in [0.3, 0.4) is 0 Å². The van der Waals surface area contributed by atoms with Crippen molar-refractivity contribution in [2.75, 3.05) is 10.9 Å². The minimum absolute atomic E-state index is 0.374. The highest BCUT2D eigenvalue weighted by atomic mass is 16.4. The molecule has 0 bridgehead atoms. The van der Waals surface area contributed by atoms with Crippen molar-refractivity contribution >= 4 is 28.8 Å². The number of aliphatic carboxylic acids is 1. The molecule has 0 aliphatic heterocycles. The van der Waals surface area contributed by atoms with Crippen molar-refractivity contribution in [1.29, 1.82) is 0 Å². The summed E-state index contributed by atoms with van der Waals surface area (Å²) in [6.07, 6.45) is 0. The first-order valence-electron chi connectivity index (χ1n) is 10.9. The number of benzene rings is 4. The van der Waals surface area contributed by atoms with E-state index in [-0.39, 0.29) is 0 Å². The molecule has 0 amide bonds. The van der Waals surface area contributed by atoms with Gasteiger partial charge in [0.25, 0.3) is 0 Å². The van der Waals surface area contributed by atoms with Gasteiger partial charge in [-0.05, 0) is 29.8 Å². The molecule has 3 N–H and O–H groups in total. The second-order valence-electron chi connectivity index (χ2n) is 7.84. The van der Waals surface area contributed by atoms with Crippen LogP contribution in [0.4, 0.5) is 11.4 Å². The number of para-hydroxylation sites is 2. The number of rotatable bonds is 6. The molecule has 0 radical (unpaired) electrons. The van der Waals surface area contributed by atoms with Gasteiger partial charge in [0.05, 0.1) is 22.8 Å². The van der Waals surface area contributed by atoms with Crippen LogP contribution in [-0.2, 0) is 10.2 Å². The zero-order chi connectivity index (χ0) is 23.4. The van der Waals surface area contributed by atoms with Gasteiger partial charge in [-0.1, -0.05) is 91.0 Å². The molecule has 0 aromatic heterocycles. The van der Waals surface area contributed by atoms with Gasteiger partial charge >= 0.3 is 5.97 Å². The van der Waals surface area contributed by atoms with E-state index in [0.29, 0.717) is 28.1 Å². The van der Waals surface area contributed by atoms with Gasteiger partial charge in [0.15, 0.2) is 5.41 Å². The van der Waals surface area contributed by atoms with E-state index in [1.807, 2.05) is 103 Å². The summed E-state index contributed by atoms with van der Waals surface area (Å²) in [6.45, 7) is 0. The van der Waals surface area contributed by atoms with E-state index in [1.165, 1.54) is 0 Å². The third kappa shape index (κ3) is 3.61. The van der Waals surface area contributed by atoms with Crippen LogP contribution in [0.5, 0.6) is 0 Å². The number of nitrogens with one attached hydrogen (secondary N) is 2. The van der Waals surface area contributed by atoms with Gasteiger partial charge < -0.3 is 5.11 Å². The zero-order valence-electron chi connectivity index (χ0n) is 18.2. The molecule has 0 saturated heterocycles. The first-order valence-corrected chi connectivity index (χ1v) is 10.9. The number of hydrogen-bond acceptors (Lipinski definition) is 5. The Morgan fingerprint density at radius 1 is 0.588 bits per heavy atom. The third-order valence-corrected chi connectivity index (χ3v) is 5.82. The number of carboxylic acid groups (broad SMARTS) is 1. The molecule has 1 aliphatic carbocycles. The van der Waals surface area contributed by atoms with Gasteiger partial charge in [0.1, 0.15) is 0 Å². The maximum atomic E-state index is 13.2. The predicted octanol–water partition coefficient (Wildman–Crippen LogP) is 5.36. The maximum absolute atomic E-state index is 13.2. The fraction of sp³-hybridized carbons (Fsp3) is 0.0357. The average molecular weight is 447 g/mol. The fourth-order valence-corrected chi connectivity index (χ4v) is 4.25. The normalized spacial score (nSPS) is 19.1. The minimum atomic E-state index is -1.62. The molecule has 1 aliphatic rings. The summed E-state index contributed by atoms with van der Waals surface area (Å²) in [5.41, 5.74) is 8.74. The molecular weight excluding hydrogens is 424 g/mol. The molecule has 0 atom stereocenters. The molecule has 5 rings (SSSR count). The predicted molar refractivity (Wildman–Crippen MR) is 135 cm³/mol. The van der Waals surface area contributed by atoms with Crippen molar-refractivity contribution in [2.45, 2.75) is 5.41 Å². The van der Waals surface area contributed by atoms with E-state index in [0.717, 1.165) is 11.4 Å². The first-order chi connectivity index (χ1) is 16.7. The summed E-state index contributed by atoms with van der Waals surface area (Å²) in [4.78, 5) is 13.2. The summed E-state index contributed by atoms with van der Waals surface area (Å²) in [5.74, 6) is -1.06. The monoisotopic (exact) mass is 446 g/mol. The summed E-state index contributed by atoms with van der Waals surface area (Å²) in [6, 6.07) is 35.5. The Labute approximate surface area is 197 Å². The number of carbonyl (C=O) groups is 1. The molecule has 6 nitrogen and oxygen atoms in total. The number of fused-ring (bicyclic) bond motifs is 1. The van der Waals surface area contributed by atoms with E-state index in [9.17, 15) is 9.90 Å². The van der Waals surface area contributed by atoms with E-state index >= 15 is 0 Å². The van der Waals surface area contributed by atoms with E-state index < -0.39 is 11.4 Å². The third-order valence-electron chi connectivity index (χ3n) is 5.82. The van der Waals surface area contributed by atoms with Crippen molar-refractivity contribution in [1.82, 2.24) is 0 Å². The highest BCUT2D eigenvalue weighted by molar-refractivity contribution is 6.45. The van der Waals surface area contributed by atoms with Crippen LogP contribution in [0, 0.1) is 0 Å². The number of nitrogens with zero attached hydrogens (tertiary/aromatic N) is 2. The maximum Gasteiger partial charge on any atom is 0.326 e. The van der Waals surface area contributed by atoms with Crippen LogP contribution in [0.2, 0.25) is 0 Å². The van der Waals surface area contributed by atoms with E-state index in [1.54, 1.807) is 12.1 Å². The SMILES string of the molecule is O=C(O)C1(c2ccccc2)C(=NNc2ccccc2)c2ccccc2C1=NNc1ccccc1. The van der Waals surface area contributed by atoms with Crippen molar-refractivity contribution in [3.05, 3.63) is 132 Å². The van der Waals surface area contributed by atoms with Crippen LogP contribution in [0.15, 0.2) is 125 Å². The molecule has 166 valence electrons. The van der Waals surface area contributed by atoms with E-state index in [2.05, 4.69) is 21.1 Å². The fourth-order valence-electron chi connectivity index (χ4n) is 4.25. The molecule has 0 unspecified atom stereocenters. The summed E-state index contributed by atoms with van der Waals surface area (Å²) < 4.78 is 0. The Balaban J connectivity index is 1.75. The molecule has 0 spiro atoms.